The Morgan fingerprint density at radius 2 is 2.00 bits per heavy atom. The molecule has 0 atom stereocenters. The van der Waals surface area contributed by atoms with Gasteiger partial charge in [-0.2, -0.15) is 0 Å². The van der Waals surface area contributed by atoms with Crippen LogP contribution in [0.4, 0.5) is 5.82 Å². The molecule has 0 aliphatic rings. The van der Waals surface area contributed by atoms with Crippen LogP contribution in [0, 0.1) is 5.41 Å². The van der Waals surface area contributed by atoms with E-state index in [1.165, 1.54) is 6.20 Å². The molecular weight excluding hydrogens is 242 g/mol. The number of nitrogens with zero attached hydrogens (tertiary/aromatic N) is 3. The highest BCUT2D eigenvalue weighted by Crippen LogP contribution is 2.21. The standard InChI is InChI=1S/C13H23N5O/c1-4-7-18(9-13(2,3)8-14)12-10(11(15)19)16-5-6-17-12/h5-6H,4,7-9,14H2,1-3H3,(H2,15,19). The lowest BCUT2D eigenvalue weighted by atomic mass is 9.93. The van der Waals surface area contributed by atoms with Crippen LogP contribution < -0.4 is 16.4 Å². The van der Waals surface area contributed by atoms with Crippen LogP contribution in [0.15, 0.2) is 12.4 Å². The van der Waals surface area contributed by atoms with Crippen molar-refractivity contribution < 1.29 is 4.79 Å². The van der Waals surface area contributed by atoms with Crippen LogP contribution in [0.3, 0.4) is 0 Å². The summed E-state index contributed by atoms with van der Waals surface area (Å²) in [7, 11) is 0. The molecule has 19 heavy (non-hydrogen) atoms. The molecule has 4 N–H and O–H groups in total. The average molecular weight is 265 g/mol. The summed E-state index contributed by atoms with van der Waals surface area (Å²) in [5.74, 6) is -0.0202. The molecule has 0 aliphatic carbocycles. The molecule has 0 aliphatic heterocycles. The van der Waals surface area contributed by atoms with Crippen molar-refractivity contribution in [1.29, 1.82) is 0 Å². The number of amides is 1. The molecule has 6 heteroatoms. The molecular formula is C13H23N5O. The van der Waals surface area contributed by atoms with E-state index in [2.05, 4.69) is 30.7 Å². The first-order valence-corrected chi connectivity index (χ1v) is 6.47. The zero-order chi connectivity index (χ0) is 14.5. The van der Waals surface area contributed by atoms with E-state index in [-0.39, 0.29) is 11.1 Å². The lowest BCUT2D eigenvalue weighted by Crippen LogP contribution is -2.40. The SMILES string of the molecule is CCCN(CC(C)(C)CN)c1nccnc1C(N)=O. The van der Waals surface area contributed by atoms with Crippen molar-refractivity contribution in [2.24, 2.45) is 16.9 Å². The van der Waals surface area contributed by atoms with Crippen molar-refractivity contribution >= 4 is 11.7 Å². The first-order valence-electron chi connectivity index (χ1n) is 6.47. The fourth-order valence-corrected chi connectivity index (χ4v) is 1.85. The van der Waals surface area contributed by atoms with Gasteiger partial charge in [0.15, 0.2) is 11.5 Å². The minimum Gasteiger partial charge on any atom is -0.364 e. The second-order valence-electron chi connectivity index (χ2n) is 5.38. The van der Waals surface area contributed by atoms with Crippen molar-refractivity contribution in [2.45, 2.75) is 27.2 Å². The van der Waals surface area contributed by atoms with Gasteiger partial charge in [0.1, 0.15) is 0 Å². The van der Waals surface area contributed by atoms with Crippen molar-refractivity contribution in [3.63, 3.8) is 0 Å². The molecule has 0 spiro atoms. The van der Waals surface area contributed by atoms with Gasteiger partial charge in [0.2, 0.25) is 0 Å². The van der Waals surface area contributed by atoms with E-state index < -0.39 is 5.91 Å². The number of hydrogen-bond acceptors (Lipinski definition) is 5. The van der Waals surface area contributed by atoms with Crippen LogP contribution in [0.5, 0.6) is 0 Å². The first-order chi connectivity index (χ1) is 8.91. The van der Waals surface area contributed by atoms with Crippen LogP contribution in [0.1, 0.15) is 37.7 Å². The number of carbonyl (C=O) groups is 1. The van der Waals surface area contributed by atoms with Crippen molar-refractivity contribution in [3.8, 4) is 0 Å². The zero-order valence-electron chi connectivity index (χ0n) is 11.9. The predicted octanol–water partition coefficient (Wildman–Crippen LogP) is 0.777. The monoisotopic (exact) mass is 265 g/mol. The van der Waals surface area contributed by atoms with E-state index in [0.29, 0.717) is 18.9 Å². The Kier molecular flexibility index (Phi) is 5.23. The van der Waals surface area contributed by atoms with E-state index >= 15 is 0 Å². The quantitative estimate of drug-likeness (QED) is 0.759. The summed E-state index contributed by atoms with van der Waals surface area (Å²) >= 11 is 0. The number of primary amides is 1. The van der Waals surface area contributed by atoms with Gasteiger partial charge in [0.25, 0.3) is 5.91 Å². The van der Waals surface area contributed by atoms with Crippen molar-refractivity contribution in [1.82, 2.24) is 9.97 Å². The van der Waals surface area contributed by atoms with Crippen LogP contribution in [0.2, 0.25) is 0 Å². The number of aromatic nitrogens is 2. The van der Waals surface area contributed by atoms with E-state index in [4.69, 9.17) is 11.5 Å². The van der Waals surface area contributed by atoms with Crippen LogP contribution in [0.25, 0.3) is 0 Å². The van der Waals surface area contributed by atoms with Crippen molar-refractivity contribution in [3.05, 3.63) is 18.1 Å². The Balaban J connectivity index is 3.09. The largest absolute Gasteiger partial charge is 0.364 e. The van der Waals surface area contributed by atoms with E-state index in [1.54, 1.807) is 6.20 Å². The highest BCUT2D eigenvalue weighted by Gasteiger charge is 2.24. The number of anilines is 1. The van der Waals surface area contributed by atoms with Gasteiger partial charge in [-0.15, -0.1) is 0 Å². The molecule has 0 saturated heterocycles. The second kappa shape index (κ2) is 6.47. The van der Waals surface area contributed by atoms with Crippen LogP contribution in [-0.4, -0.2) is 35.5 Å². The molecule has 1 aromatic heterocycles. The summed E-state index contributed by atoms with van der Waals surface area (Å²) < 4.78 is 0. The van der Waals surface area contributed by atoms with Crippen LogP contribution >= 0.6 is 0 Å². The zero-order valence-corrected chi connectivity index (χ0v) is 11.9. The van der Waals surface area contributed by atoms with E-state index in [0.717, 1.165) is 13.0 Å². The molecule has 1 aromatic rings. The van der Waals surface area contributed by atoms with Gasteiger partial charge < -0.3 is 16.4 Å². The maximum Gasteiger partial charge on any atom is 0.271 e. The summed E-state index contributed by atoms with van der Waals surface area (Å²) in [6, 6.07) is 0. The highest BCUT2D eigenvalue weighted by atomic mass is 16.1. The molecule has 106 valence electrons. The molecule has 0 fully saturated rings. The van der Waals surface area contributed by atoms with Crippen LogP contribution in [-0.2, 0) is 0 Å². The maximum atomic E-state index is 11.4. The van der Waals surface area contributed by atoms with E-state index in [1.807, 2.05) is 4.90 Å². The second-order valence-corrected chi connectivity index (χ2v) is 5.38. The summed E-state index contributed by atoms with van der Waals surface area (Å²) in [6.07, 6.45) is 3.98. The first kappa shape index (κ1) is 15.4. The van der Waals surface area contributed by atoms with Gasteiger partial charge in [-0.1, -0.05) is 20.8 Å². The third-order valence-corrected chi connectivity index (χ3v) is 2.88. The minimum atomic E-state index is -0.560. The number of hydrogen-bond donors (Lipinski definition) is 2. The molecule has 1 heterocycles. The van der Waals surface area contributed by atoms with Gasteiger partial charge >= 0.3 is 0 Å². The lowest BCUT2D eigenvalue weighted by Gasteiger charge is -2.32. The molecule has 1 amide bonds. The van der Waals surface area contributed by atoms with Crippen molar-refractivity contribution in [2.75, 3.05) is 24.5 Å². The molecule has 6 nitrogen and oxygen atoms in total. The summed E-state index contributed by atoms with van der Waals surface area (Å²) in [4.78, 5) is 21.7. The molecule has 0 radical (unpaired) electrons. The maximum absolute atomic E-state index is 11.4. The molecule has 0 aromatic carbocycles. The summed E-state index contributed by atoms with van der Waals surface area (Å²) in [5, 5.41) is 0. The number of nitrogens with two attached hydrogens (primary N) is 2. The Bertz CT molecular complexity index is 433. The molecule has 0 unspecified atom stereocenters. The minimum absolute atomic E-state index is 0.0678. The fraction of sp³-hybridized carbons (Fsp3) is 0.615. The Labute approximate surface area is 114 Å². The normalized spacial score (nSPS) is 11.4. The molecule has 0 bridgehead atoms. The van der Waals surface area contributed by atoms with Gasteiger partial charge in [-0.25, -0.2) is 9.97 Å². The third kappa shape index (κ3) is 4.17. The fourth-order valence-electron chi connectivity index (χ4n) is 1.85. The Hall–Kier alpha value is -1.69. The highest BCUT2D eigenvalue weighted by molar-refractivity contribution is 5.95. The Morgan fingerprint density at radius 3 is 2.53 bits per heavy atom. The van der Waals surface area contributed by atoms with Gasteiger partial charge in [0, 0.05) is 25.5 Å². The lowest BCUT2D eigenvalue weighted by molar-refractivity contribution is 0.0995. The predicted molar refractivity (Wildman–Crippen MR) is 75.9 cm³/mol. The molecule has 1 rings (SSSR count). The summed E-state index contributed by atoms with van der Waals surface area (Å²) in [5.41, 5.74) is 11.3. The van der Waals surface area contributed by atoms with Gasteiger partial charge in [0.05, 0.1) is 0 Å². The topological polar surface area (TPSA) is 98.1 Å². The van der Waals surface area contributed by atoms with Gasteiger partial charge in [-0.05, 0) is 18.4 Å². The third-order valence-electron chi connectivity index (χ3n) is 2.88. The summed E-state index contributed by atoms with van der Waals surface area (Å²) in [6.45, 7) is 8.27. The average Bonchev–Trinajstić information content (AvgIpc) is 2.38. The van der Waals surface area contributed by atoms with E-state index in [9.17, 15) is 4.79 Å². The van der Waals surface area contributed by atoms with Gasteiger partial charge in [-0.3, -0.25) is 4.79 Å². The number of carbonyl (C=O) groups excluding carboxylic acids is 1. The Morgan fingerprint density at radius 1 is 1.37 bits per heavy atom. The number of rotatable bonds is 7. The molecule has 0 saturated carbocycles. The smallest absolute Gasteiger partial charge is 0.271 e.